The Labute approximate surface area is 96.1 Å². The van der Waals surface area contributed by atoms with Crippen LogP contribution in [-0.4, -0.2) is 20.3 Å². The molecular formula is C12H14BNO2. The first kappa shape index (κ1) is 11.2. The zero-order chi connectivity index (χ0) is 11.6. The summed E-state index contributed by atoms with van der Waals surface area (Å²) < 4.78 is 11.3. The van der Waals surface area contributed by atoms with Gasteiger partial charge in [-0.3, -0.25) is 0 Å². The van der Waals surface area contributed by atoms with E-state index in [4.69, 9.17) is 14.6 Å². The molecule has 1 aromatic rings. The van der Waals surface area contributed by atoms with Crippen LogP contribution in [0.3, 0.4) is 0 Å². The predicted octanol–water partition coefficient (Wildman–Crippen LogP) is 1.33. The van der Waals surface area contributed by atoms with E-state index in [0.29, 0.717) is 18.8 Å². The van der Waals surface area contributed by atoms with Crippen molar-refractivity contribution in [1.82, 2.24) is 0 Å². The maximum atomic E-state index is 8.69. The lowest BCUT2D eigenvalue weighted by Gasteiger charge is -2.33. The normalized spacial score (nSPS) is 19.2. The number of nitriles is 1. The van der Waals surface area contributed by atoms with E-state index >= 15 is 0 Å². The van der Waals surface area contributed by atoms with Crippen molar-refractivity contribution in [2.45, 2.75) is 13.8 Å². The van der Waals surface area contributed by atoms with Crippen molar-refractivity contribution >= 4 is 12.6 Å². The Kier molecular flexibility index (Phi) is 3.00. The molecule has 0 N–H and O–H groups in total. The number of hydrogen-bond acceptors (Lipinski definition) is 3. The van der Waals surface area contributed by atoms with Gasteiger partial charge in [-0.2, -0.15) is 5.26 Å². The van der Waals surface area contributed by atoms with Crippen molar-refractivity contribution in [2.24, 2.45) is 5.41 Å². The van der Waals surface area contributed by atoms with E-state index in [2.05, 4.69) is 19.9 Å². The summed E-state index contributed by atoms with van der Waals surface area (Å²) >= 11 is 0. The Hall–Kier alpha value is -1.31. The number of rotatable bonds is 1. The van der Waals surface area contributed by atoms with Gasteiger partial charge in [0.2, 0.25) is 0 Å². The minimum Gasteiger partial charge on any atom is -0.407 e. The van der Waals surface area contributed by atoms with Gasteiger partial charge in [-0.25, -0.2) is 0 Å². The highest BCUT2D eigenvalue weighted by atomic mass is 16.6. The van der Waals surface area contributed by atoms with Crippen molar-refractivity contribution in [3.8, 4) is 6.07 Å². The third-order valence-corrected chi connectivity index (χ3v) is 2.56. The minimum absolute atomic E-state index is 0.0864. The van der Waals surface area contributed by atoms with Crippen molar-refractivity contribution in [1.29, 1.82) is 5.26 Å². The Morgan fingerprint density at radius 3 is 2.25 bits per heavy atom. The molecule has 3 nitrogen and oxygen atoms in total. The average Bonchev–Trinajstić information content (AvgIpc) is 2.29. The Bertz CT molecular complexity index is 398. The van der Waals surface area contributed by atoms with Gasteiger partial charge in [-0.1, -0.05) is 26.0 Å². The summed E-state index contributed by atoms with van der Waals surface area (Å²) in [7, 11) is -0.291. The SMILES string of the molecule is CC1(C)COB(c2ccc(C#N)cc2)OC1. The highest BCUT2D eigenvalue weighted by Crippen LogP contribution is 2.21. The first-order chi connectivity index (χ1) is 7.61. The van der Waals surface area contributed by atoms with Crippen LogP contribution in [0.15, 0.2) is 24.3 Å². The van der Waals surface area contributed by atoms with Crippen LogP contribution in [0.2, 0.25) is 0 Å². The summed E-state index contributed by atoms with van der Waals surface area (Å²) in [5.74, 6) is 0. The smallest absolute Gasteiger partial charge is 0.407 e. The second-order valence-electron chi connectivity index (χ2n) is 4.85. The van der Waals surface area contributed by atoms with E-state index in [-0.39, 0.29) is 12.5 Å². The van der Waals surface area contributed by atoms with Crippen molar-refractivity contribution in [3.05, 3.63) is 29.8 Å². The molecule has 0 aliphatic carbocycles. The fourth-order valence-corrected chi connectivity index (χ4v) is 1.60. The predicted molar refractivity (Wildman–Crippen MR) is 62.2 cm³/mol. The van der Waals surface area contributed by atoms with Crippen molar-refractivity contribution in [2.75, 3.05) is 13.2 Å². The van der Waals surface area contributed by atoms with Crippen LogP contribution in [0.1, 0.15) is 19.4 Å². The molecule has 1 aliphatic rings. The third-order valence-electron chi connectivity index (χ3n) is 2.56. The summed E-state index contributed by atoms with van der Waals surface area (Å²) in [4.78, 5) is 0. The van der Waals surface area contributed by atoms with Gasteiger partial charge in [0.1, 0.15) is 0 Å². The van der Waals surface area contributed by atoms with E-state index in [1.54, 1.807) is 12.1 Å². The topological polar surface area (TPSA) is 42.2 Å². The van der Waals surface area contributed by atoms with E-state index in [1.807, 2.05) is 12.1 Å². The van der Waals surface area contributed by atoms with Gasteiger partial charge in [-0.05, 0) is 17.6 Å². The Morgan fingerprint density at radius 2 is 1.75 bits per heavy atom. The molecule has 2 rings (SSSR count). The van der Waals surface area contributed by atoms with Crippen LogP contribution in [0.4, 0.5) is 0 Å². The summed E-state index contributed by atoms with van der Waals surface area (Å²) in [6.45, 7) is 5.61. The first-order valence-corrected chi connectivity index (χ1v) is 5.34. The van der Waals surface area contributed by atoms with Crippen LogP contribution in [-0.2, 0) is 9.31 Å². The van der Waals surface area contributed by atoms with Gasteiger partial charge in [0.25, 0.3) is 0 Å². The molecule has 0 atom stereocenters. The van der Waals surface area contributed by atoms with E-state index in [1.165, 1.54) is 0 Å². The fraction of sp³-hybridized carbons (Fsp3) is 0.417. The lowest BCUT2D eigenvalue weighted by molar-refractivity contribution is 0.0343. The maximum Gasteiger partial charge on any atom is 0.493 e. The molecule has 1 saturated heterocycles. The summed E-state index contributed by atoms with van der Waals surface area (Å²) in [6.07, 6.45) is 0. The highest BCUT2D eigenvalue weighted by Gasteiger charge is 2.33. The molecule has 1 aromatic carbocycles. The van der Waals surface area contributed by atoms with E-state index in [9.17, 15) is 0 Å². The van der Waals surface area contributed by atoms with E-state index < -0.39 is 0 Å². The summed E-state index contributed by atoms with van der Waals surface area (Å²) in [5.41, 5.74) is 1.71. The first-order valence-electron chi connectivity index (χ1n) is 5.34. The molecule has 0 radical (unpaired) electrons. The van der Waals surface area contributed by atoms with Gasteiger partial charge in [0.15, 0.2) is 0 Å². The zero-order valence-corrected chi connectivity index (χ0v) is 9.56. The molecule has 0 unspecified atom stereocenters. The minimum atomic E-state index is -0.291. The van der Waals surface area contributed by atoms with Gasteiger partial charge in [0, 0.05) is 18.6 Å². The second kappa shape index (κ2) is 4.29. The quantitative estimate of drug-likeness (QED) is 0.663. The lowest BCUT2D eigenvalue weighted by atomic mass is 9.76. The largest absolute Gasteiger partial charge is 0.493 e. The lowest BCUT2D eigenvalue weighted by Crippen LogP contribution is -2.47. The van der Waals surface area contributed by atoms with E-state index in [0.717, 1.165) is 5.46 Å². The molecule has 0 amide bonds. The van der Waals surface area contributed by atoms with Gasteiger partial charge >= 0.3 is 7.12 Å². The molecule has 0 bridgehead atoms. The van der Waals surface area contributed by atoms with Crippen LogP contribution < -0.4 is 5.46 Å². The average molecular weight is 215 g/mol. The van der Waals surface area contributed by atoms with Gasteiger partial charge < -0.3 is 9.31 Å². The molecule has 0 saturated carbocycles. The van der Waals surface area contributed by atoms with Crippen molar-refractivity contribution in [3.63, 3.8) is 0 Å². The molecule has 82 valence electrons. The molecule has 4 heteroatoms. The maximum absolute atomic E-state index is 8.69. The van der Waals surface area contributed by atoms with Crippen LogP contribution in [0, 0.1) is 16.7 Å². The zero-order valence-electron chi connectivity index (χ0n) is 9.56. The number of nitrogens with zero attached hydrogens (tertiary/aromatic N) is 1. The van der Waals surface area contributed by atoms with Crippen LogP contribution in [0.5, 0.6) is 0 Å². The number of hydrogen-bond donors (Lipinski definition) is 0. The Balaban J connectivity index is 2.06. The Morgan fingerprint density at radius 1 is 1.19 bits per heavy atom. The molecule has 16 heavy (non-hydrogen) atoms. The van der Waals surface area contributed by atoms with Gasteiger partial charge in [0.05, 0.1) is 11.6 Å². The standard InChI is InChI=1S/C12H14BNO2/c1-12(2)8-15-13(16-9-12)11-5-3-10(7-14)4-6-11/h3-6H,8-9H2,1-2H3. The monoisotopic (exact) mass is 215 g/mol. The van der Waals surface area contributed by atoms with Crippen LogP contribution >= 0.6 is 0 Å². The molecule has 0 spiro atoms. The molecule has 1 heterocycles. The van der Waals surface area contributed by atoms with Crippen molar-refractivity contribution < 1.29 is 9.31 Å². The fourth-order valence-electron chi connectivity index (χ4n) is 1.60. The van der Waals surface area contributed by atoms with Crippen LogP contribution in [0.25, 0.3) is 0 Å². The molecule has 0 aromatic heterocycles. The molecule has 1 fully saturated rings. The molecular weight excluding hydrogens is 201 g/mol. The summed E-state index contributed by atoms with van der Waals surface area (Å²) in [6, 6.07) is 9.40. The number of benzene rings is 1. The highest BCUT2D eigenvalue weighted by molar-refractivity contribution is 6.61. The second-order valence-corrected chi connectivity index (χ2v) is 4.85. The molecule has 1 aliphatic heterocycles. The summed E-state index contributed by atoms with van der Waals surface area (Å²) in [5, 5.41) is 8.69. The third kappa shape index (κ3) is 2.44. The van der Waals surface area contributed by atoms with Gasteiger partial charge in [-0.15, -0.1) is 0 Å².